The van der Waals surface area contributed by atoms with Gasteiger partial charge in [-0.1, -0.05) is 31.2 Å². The molecule has 0 aromatic heterocycles. The summed E-state index contributed by atoms with van der Waals surface area (Å²) < 4.78 is 0. The topological polar surface area (TPSA) is 12.0 Å². The molecule has 0 spiro atoms. The van der Waals surface area contributed by atoms with Crippen molar-refractivity contribution in [2.45, 2.75) is 19.4 Å². The number of nitrogens with one attached hydrogen (secondary N) is 1. The molecule has 1 aliphatic rings. The van der Waals surface area contributed by atoms with E-state index in [1.807, 2.05) is 6.20 Å². The van der Waals surface area contributed by atoms with Crippen LogP contribution in [0.3, 0.4) is 0 Å². The summed E-state index contributed by atoms with van der Waals surface area (Å²) in [6, 6.07) is 9.05. The van der Waals surface area contributed by atoms with Gasteiger partial charge in [0.1, 0.15) is 0 Å². The second-order valence-electron chi connectivity index (χ2n) is 3.09. The molecule has 0 saturated carbocycles. The van der Waals surface area contributed by atoms with E-state index in [1.54, 1.807) is 0 Å². The van der Waals surface area contributed by atoms with Crippen LogP contribution in [0.15, 0.2) is 30.5 Å². The molecule has 0 radical (unpaired) electrons. The highest BCUT2D eigenvalue weighted by atomic mass is 14.9. The third-order valence-corrected chi connectivity index (χ3v) is 2.34. The minimum atomic E-state index is 0.506. The van der Waals surface area contributed by atoms with Gasteiger partial charge in [-0.05, 0) is 29.8 Å². The predicted molar refractivity (Wildman–Crippen MR) is 51.6 cm³/mol. The Morgan fingerprint density at radius 3 is 3.00 bits per heavy atom. The molecule has 1 aromatic rings. The summed E-state index contributed by atoms with van der Waals surface area (Å²) >= 11 is 0. The van der Waals surface area contributed by atoms with Crippen LogP contribution in [0.5, 0.6) is 0 Å². The van der Waals surface area contributed by atoms with Gasteiger partial charge < -0.3 is 5.32 Å². The summed E-state index contributed by atoms with van der Waals surface area (Å²) in [5.41, 5.74) is 2.77. The van der Waals surface area contributed by atoms with Crippen LogP contribution in [0.2, 0.25) is 0 Å². The first-order chi connectivity index (χ1) is 5.92. The van der Waals surface area contributed by atoms with Crippen molar-refractivity contribution in [2.24, 2.45) is 0 Å². The number of rotatable bonds is 1. The van der Waals surface area contributed by atoms with Crippen molar-refractivity contribution in [1.82, 2.24) is 5.32 Å². The molecule has 0 saturated heterocycles. The molecule has 62 valence electrons. The Hall–Kier alpha value is -1.24. The molecule has 0 aliphatic carbocycles. The van der Waals surface area contributed by atoms with E-state index in [2.05, 4.69) is 42.6 Å². The molecular formula is C11H13N. The van der Waals surface area contributed by atoms with Gasteiger partial charge in [-0.2, -0.15) is 0 Å². The van der Waals surface area contributed by atoms with Crippen molar-refractivity contribution in [3.63, 3.8) is 0 Å². The van der Waals surface area contributed by atoms with Crippen LogP contribution >= 0.6 is 0 Å². The van der Waals surface area contributed by atoms with E-state index in [4.69, 9.17) is 0 Å². The lowest BCUT2D eigenvalue weighted by molar-refractivity contribution is 0.597. The minimum absolute atomic E-state index is 0.506. The SMILES string of the molecule is CCC1NC=Cc2ccccc21. The van der Waals surface area contributed by atoms with Gasteiger partial charge in [0.05, 0.1) is 6.04 Å². The fourth-order valence-electron chi connectivity index (χ4n) is 1.66. The average molecular weight is 159 g/mol. The van der Waals surface area contributed by atoms with Gasteiger partial charge in [-0.25, -0.2) is 0 Å². The lowest BCUT2D eigenvalue weighted by Crippen LogP contribution is -2.18. The van der Waals surface area contributed by atoms with Gasteiger partial charge in [0.15, 0.2) is 0 Å². The third-order valence-electron chi connectivity index (χ3n) is 2.34. The Morgan fingerprint density at radius 1 is 1.33 bits per heavy atom. The van der Waals surface area contributed by atoms with E-state index in [9.17, 15) is 0 Å². The maximum Gasteiger partial charge on any atom is 0.0511 e. The van der Waals surface area contributed by atoms with E-state index >= 15 is 0 Å². The van der Waals surface area contributed by atoms with Crippen molar-refractivity contribution in [1.29, 1.82) is 0 Å². The van der Waals surface area contributed by atoms with E-state index in [0.29, 0.717) is 6.04 Å². The third kappa shape index (κ3) is 1.11. The highest BCUT2D eigenvalue weighted by molar-refractivity contribution is 5.56. The summed E-state index contributed by atoms with van der Waals surface area (Å²) in [5.74, 6) is 0. The van der Waals surface area contributed by atoms with Crippen molar-refractivity contribution in [3.8, 4) is 0 Å². The second-order valence-corrected chi connectivity index (χ2v) is 3.09. The van der Waals surface area contributed by atoms with Crippen molar-refractivity contribution >= 4 is 6.08 Å². The van der Waals surface area contributed by atoms with E-state index < -0.39 is 0 Å². The molecule has 1 aromatic carbocycles. The number of fused-ring (bicyclic) bond motifs is 1. The van der Waals surface area contributed by atoms with Crippen LogP contribution in [-0.2, 0) is 0 Å². The molecule has 1 nitrogen and oxygen atoms in total. The Bertz CT molecular complexity index is 302. The van der Waals surface area contributed by atoms with Gasteiger partial charge in [0.25, 0.3) is 0 Å². The monoisotopic (exact) mass is 159 g/mol. The lowest BCUT2D eigenvalue weighted by atomic mass is 9.96. The van der Waals surface area contributed by atoms with Crippen molar-refractivity contribution in [3.05, 3.63) is 41.6 Å². The quantitative estimate of drug-likeness (QED) is 0.664. The summed E-state index contributed by atoms with van der Waals surface area (Å²) in [5, 5.41) is 3.34. The highest BCUT2D eigenvalue weighted by Crippen LogP contribution is 2.24. The zero-order valence-corrected chi connectivity index (χ0v) is 7.25. The number of benzene rings is 1. The largest absolute Gasteiger partial charge is 0.384 e. The van der Waals surface area contributed by atoms with Gasteiger partial charge >= 0.3 is 0 Å². The average Bonchev–Trinajstić information content (AvgIpc) is 2.17. The second kappa shape index (κ2) is 3.02. The summed E-state index contributed by atoms with van der Waals surface area (Å²) in [4.78, 5) is 0. The smallest absolute Gasteiger partial charge is 0.0511 e. The molecular weight excluding hydrogens is 146 g/mol. The van der Waals surface area contributed by atoms with Crippen LogP contribution < -0.4 is 5.32 Å². The summed E-state index contributed by atoms with van der Waals surface area (Å²) in [6.07, 6.45) is 5.30. The number of hydrogen-bond acceptors (Lipinski definition) is 1. The fraction of sp³-hybridized carbons (Fsp3) is 0.273. The first-order valence-corrected chi connectivity index (χ1v) is 4.43. The van der Waals surface area contributed by atoms with Crippen LogP contribution in [0.1, 0.15) is 30.5 Å². The maximum atomic E-state index is 3.34. The molecule has 1 atom stereocenters. The van der Waals surface area contributed by atoms with Gasteiger partial charge in [0, 0.05) is 0 Å². The molecule has 1 heterocycles. The molecule has 0 amide bonds. The zero-order valence-electron chi connectivity index (χ0n) is 7.25. The standard InChI is InChI=1S/C11H13N/c1-2-11-10-6-4-3-5-9(10)7-8-12-11/h3-8,11-12H,2H2,1H3. The first-order valence-electron chi connectivity index (χ1n) is 4.43. The molecule has 12 heavy (non-hydrogen) atoms. The Balaban J connectivity index is 2.45. The zero-order chi connectivity index (χ0) is 8.39. The molecule has 0 fully saturated rings. The van der Waals surface area contributed by atoms with Gasteiger partial charge in [-0.15, -0.1) is 0 Å². The summed E-state index contributed by atoms with van der Waals surface area (Å²) in [6.45, 7) is 2.20. The molecule has 2 rings (SSSR count). The van der Waals surface area contributed by atoms with E-state index in [-0.39, 0.29) is 0 Å². The molecule has 1 heteroatoms. The maximum absolute atomic E-state index is 3.34. The van der Waals surface area contributed by atoms with Crippen LogP contribution in [0, 0.1) is 0 Å². The molecule has 1 N–H and O–H groups in total. The van der Waals surface area contributed by atoms with Crippen molar-refractivity contribution < 1.29 is 0 Å². The first kappa shape index (κ1) is 7.41. The lowest BCUT2D eigenvalue weighted by Gasteiger charge is -2.21. The normalized spacial score (nSPS) is 19.9. The van der Waals surface area contributed by atoms with Crippen molar-refractivity contribution in [2.75, 3.05) is 0 Å². The van der Waals surface area contributed by atoms with Gasteiger partial charge in [-0.3, -0.25) is 0 Å². The van der Waals surface area contributed by atoms with Gasteiger partial charge in [0.2, 0.25) is 0 Å². The molecule has 1 aliphatic heterocycles. The molecule has 1 unspecified atom stereocenters. The van der Waals surface area contributed by atoms with Crippen LogP contribution in [0.25, 0.3) is 6.08 Å². The van der Waals surface area contributed by atoms with E-state index in [0.717, 1.165) is 6.42 Å². The Kier molecular flexibility index (Phi) is 1.86. The summed E-state index contributed by atoms with van der Waals surface area (Å²) in [7, 11) is 0. The van der Waals surface area contributed by atoms with Crippen LogP contribution in [-0.4, -0.2) is 0 Å². The Labute approximate surface area is 73.1 Å². The fourth-order valence-corrected chi connectivity index (χ4v) is 1.66. The molecule has 0 bridgehead atoms. The van der Waals surface area contributed by atoms with Crippen LogP contribution in [0.4, 0.5) is 0 Å². The Morgan fingerprint density at radius 2 is 2.17 bits per heavy atom. The minimum Gasteiger partial charge on any atom is -0.384 e. The number of hydrogen-bond donors (Lipinski definition) is 1. The van der Waals surface area contributed by atoms with E-state index in [1.165, 1.54) is 11.1 Å². The predicted octanol–water partition coefficient (Wildman–Crippen LogP) is 2.71. The highest BCUT2D eigenvalue weighted by Gasteiger charge is 2.12.